The predicted molar refractivity (Wildman–Crippen MR) is 94.3 cm³/mol. The van der Waals surface area contributed by atoms with Gasteiger partial charge in [0.1, 0.15) is 11.5 Å². The van der Waals surface area contributed by atoms with E-state index >= 15 is 0 Å². The van der Waals surface area contributed by atoms with Crippen molar-refractivity contribution in [3.63, 3.8) is 0 Å². The molecule has 118 valence electrons. The maximum absolute atomic E-state index is 5.79. The van der Waals surface area contributed by atoms with Crippen LogP contribution in [0.1, 0.15) is 5.56 Å². The first-order chi connectivity index (χ1) is 11.8. The highest BCUT2D eigenvalue weighted by molar-refractivity contribution is 7.13. The molecular weight excluding hydrogens is 320 g/mol. The van der Waals surface area contributed by atoms with E-state index in [9.17, 15) is 0 Å². The van der Waals surface area contributed by atoms with Crippen LogP contribution >= 0.6 is 11.3 Å². The quantitative estimate of drug-likeness (QED) is 0.490. The van der Waals surface area contributed by atoms with Crippen LogP contribution in [0.15, 0.2) is 70.6 Å². The average Bonchev–Trinajstić information content (AvgIpc) is 3.25. The van der Waals surface area contributed by atoms with Crippen molar-refractivity contribution in [3.05, 3.63) is 71.6 Å². The molecule has 0 unspecified atom stereocenters. The monoisotopic (exact) mass is 334 g/mol. The summed E-state index contributed by atoms with van der Waals surface area (Å²) in [6.07, 6.45) is 0. The number of aromatic nitrogens is 2. The van der Waals surface area contributed by atoms with Crippen LogP contribution < -0.4 is 4.74 Å². The summed E-state index contributed by atoms with van der Waals surface area (Å²) in [5.41, 5.74) is 2.03. The molecule has 0 aliphatic carbocycles. The number of thiophene rings is 1. The summed E-state index contributed by atoms with van der Waals surface area (Å²) in [5.74, 6) is 2.70. The molecule has 0 aliphatic heterocycles. The molecular formula is C19H14N2O2S. The molecule has 0 spiro atoms. The highest BCUT2D eigenvalue weighted by Crippen LogP contribution is 2.30. The fourth-order valence-electron chi connectivity index (χ4n) is 2.32. The van der Waals surface area contributed by atoms with Crippen LogP contribution in [0.5, 0.6) is 11.5 Å². The van der Waals surface area contributed by atoms with Gasteiger partial charge in [-0.15, -0.1) is 11.3 Å². The Morgan fingerprint density at radius 1 is 0.917 bits per heavy atom. The summed E-state index contributed by atoms with van der Waals surface area (Å²) in [6, 6.07) is 19.4. The number of para-hydroxylation sites is 1. The third-order valence-corrected chi connectivity index (χ3v) is 4.58. The van der Waals surface area contributed by atoms with Crippen LogP contribution in [-0.4, -0.2) is 10.1 Å². The molecule has 0 saturated carbocycles. The SMILES string of the molecule is Cc1ccsc1-c1nc(-c2ccc(Oc3ccccc3)cc2)no1. The second-order valence-corrected chi connectivity index (χ2v) is 6.21. The fourth-order valence-corrected chi connectivity index (χ4v) is 3.17. The van der Waals surface area contributed by atoms with Gasteiger partial charge in [0, 0.05) is 5.56 Å². The van der Waals surface area contributed by atoms with Crippen molar-refractivity contribution in [3.8, 4) is 33.7 Å². The van der Waals surface area contributed by atoms with Gasteiger partial charge in [0.05, 0.1) is 4.88 Å². The minimum Gasteiger partial charge on any atom is -0.457 e. The number of ether oxygens (including phenoxy) is 1. The zero-order chi connectivity index (χ0) is 16.4. The van der Waals surface area contributed by atoms with E-state index in [-0.39, 0.29) is 0 Å². The molecule has 0 amide bonds. The van der Waals surface area contributed by atoms with Crippen LogP contribution in [-0.2, 0) is 0 Å². The molecule has 4 rings (SSSR count). The van der Waals surface area contributed by atoms with Crippen LogP contribution in [0.4, 0.5) is 0 Å². The Hall–Kier alpha value is -2.92. The first kappa shape index (κ1) is 14.7. The average molecular weight is 334 g/mol. The van der Waals surface area contributed by atoms with E-state index < -0.39 is 0 Å². The molecule has 24 heavy (non-hydrogen) atoms. The van der Waals surface area contributed by atoms with Crippen molar-refractivity contribution in [1.29, 1.82) is 0 Å². The van der Waals surface area contributed by atoms with Gasteiger partial charge in [-0.25, -0.2) is 0 Å². The summed E-state index contributed by atoms with van der Waals surface area (Å²) in [4.78, 5) is 5.50. The first-order valence-corrected chi connectivity index (χ1v) is 8.39. The summed E-state index contributed by atoms with van der Waals surface area (Å²) < 4.78 is 11.2. The Balaban J connectivity index is 1.55. The number of hydrogen-bond acceptors (Lipinski definition) is 5. The van der Waals surface area contributed by atoms with Crippen LogP contribution in [0.25, 0.3) is 22.2 Å². The molecule has 0 N–H and O–H groups in total. The zero-order valence-electron chi connectivity index (χ0n) is 13.0. The zero-order valence-corrected chi connectivity index (χ0v) is 13.8. The Kier molecular flexibility index (Phi) is 3.84. The van der Waals surface area contributed by atoms with E-state index in [1.807, 2.05) is 73.0 Å². The third-order valence-electron chi connectivity index (χ3n) is 3.57. The lowest BCUT2D eigenvalue weighted by molar-refractivity contribution is 0.433. The summed E-state index contributed by atoms with van der Waals surface area (Å²) >= 11 is 1.60. The van der Waals surface area contributed by atoms with E-state index in [0.29, 0.717) is 11.7 Å². The molecule has 0 atom stereocenters. The molecule has 0 saturated heterocycles. The highest BCUT2D eigenvalue weighted by atomic mass is 32.1. The maximum Gasteiger partial charge on any atom is 0.268 e. The minimum absolute atomic E-state index is 0.558. The number of nitrogens with zero attached hydrogens (tertiary/aromatic N) is 2. The molecule has 5 heteroatoms. The lowest BCUT2D eigenvalue weighted by atomic mass is 10.2. The van der Waals surface area contributed by atoms with Gasteiger partial charge in [0.15, 0.2) is 0 Å². The Morgan fingerprint density at radius 2 is 1.67 bits per heavy atom. The fraction of sp³-hybridized carbons (Fsp3) is 0.0526. The lowest BCUT2D eigenvalue weighted by Gasteiger charge is -2.05. The van der Waals surface area contributed by atoms with Crippen molar-refractivity contribution in [2.45, 2.75) is 6.92 Å². The van der Waals surface area contributed by atoms with Crippen molar-refractivity contribution in [2.24, 2.45) is 0 Å². The Bertz CT molecular complexity index is 943. The first-order valence-electron chi connectivity index (χ1n) is 7.51. The highest BCUT2D eigenvalue weighted by Gasteiger charge is 2.13. The van der Waals surface area contributed by atoms with Gasteiger partial charge in [-0.05, 0) is 60.3 Å². The van der Waals surface area contributed by atoms with Gasteiger partial charge in [0.2, 0.25) is 5.82 Å². The van der Waals surface area contributed by atoms with Gasteiger partial charge in [-0.3, -0.25) is 0 Å². The van der Waals surface area contributed by atoms with Crippen molar-refractivity contribution < 1.29 is 9.26 Å². The van der Waals surface area contributed by atoms with Crippen molar-refractivity contribution >= 4 is 11.3 Å². The summed E-state index contributed by atoms with van der Waals surface area (Å²) in [7, 11) is 0. The van der Waals surface area contributed by atoms with E-state index in [1.54, 1.807) is 11.3 Å². The Morgan fingerprint density at radius 3 is 2.38 bits per heavy atom. The standard InChI is InChI=1S/C19H14N2O2S/c1-13-11-12-24-17(13)19-20-18(21-23-19)14-7-9-16(10-8-14)22-15-5-3-2-4-6-15/h2-12H,1H3. The maximum atomic E-state index is 5.79. The van der Waals surface area contributed by atoms with Crippen LogP contribution in [0.2, 0.25) is 0 Å². The topological polar surface area (TPSA) is 48.2 Å². The normalized spacial score (nSPS) is 10.7. The minimum atomic E-state index is 0.558. The molecule has 2 aromatic heterocycles. The van der Waals surface area contributed by atoms with Crippen molar-refractivity contribution in [2.75, 3.05) is 0 Å². The number of hydrogen-bond donors (Lipinski definition) is 0. The largest absolute Gasteiger partial charge is 0.457 e. The summed E-state index contributed by atoms with van der Waals surface area (Å²) in [6.45, 7) is 2.03. The van der Waals surface area contributed by atoms with E-state index in [4.69, 9.17) is 9.26 Å². The number of rotatable bonds is 4. The molecule has 2 aromatic carbocycles. The second-order valence-electron chi connectivity index (χ2n) is 5.30. The van der Waals surface area contributed by atoms with Gasteiger partial charge >= 0.3 is 0 Å². The molecule has 4 aromatic rings. The van der Waals surface area contributed by atoms with Crippen LogP contribution in [0.3, 0.4) is 0 Å². The van der Waals surface area contributed by atoms with E-state index in [1.165, 1.54) is 0 Å². The molecule has 4 nitrogen and oxygen atoms in total. The summed E-state index contributed by atoms with van der Waals surface area (Å²) in [5, 5.41) is 6.10. The lowest BCUT2D eigenvalue weighted by Crippen LogP contribution is -1.85. The van der Waals surface area contributed by atoms with Crippen LogP contribution in [0, 0.1) is 6.92 Å². The Labute approximate surface area is 143 Å². The smallest absolute Gasteiger partial charge is 0.268 e. The van der Waals surface area contributed by atoms with Gasteiger partial charge in [0.25, 0.3) is 5.89 Å². The molecule has 0 bridgehead atoms. The van der Waals surface area contributed by atoms with Gasteiger partial charge in [-0.1, -0.05) is 23.4 Å². The third kappa shape index (κ3) is 2.94. The van der Waals surface area contributed by atoms with E-state index in [0.717, 1.165) is 27.5 Å². The predicted octanol–water partition coefficient (Wildman–Crippen LogP) is 5.57. The number of benzene rings is 2. The van der Waals surface area contributed by atoms with Gasteiger partial charge < -0.3 is 9.26 Å². The second kappa shape index (κ2) is 6.29. The molecule has 2 heterocycles. The number of aryl methyl sites for hydroxylation is 1. The molecule has 0 aliphatic rings. The molecule has 0 radical (unpaired) electrons. The van der Waals surface area contributed by atoms with E-state index in [2.05, 4.69) is 10.1 Å². The van der Waals surface area contributed by atoms with Gasteiger partial charge in [-0.2, -0.15) is 4.98 Å². The molecule has 0 fully saturated rings. The van der Waals surface area contributed by atoms with Crippen molar-refractivity contribution in [1.82, 2.24) is 10.1 Å².